The molecule has 2 rings (SSSR count). The van der Waals surface area contributed by atoms with Gasteiger partial charge in [-0.1, -0.05) is 12.1 Å². The van der Waals surface area contributed by atoms with Crippen LogP contribution in [0.2, 0.25) is 0 Å². The lowest BCUT2D eigenvalue weighted by Crippen LogP contribution is -2.13. The second-order valence-corrected chi connectivity index (χ2v) is 3.30. The van der Waals surface area contributed by atoms with Crippen molar-refractivity contribution in [3.8, 4) is 12.3 Å². The van der Waals surface area contributed by atoms with Gasteiger partial charge in [0, 0.05) is 13.0 Å². The quantitative estimate of drug-likeness (QED) is 0.562. The zero-order valence-corrected chi connectivity index (χ0v) is 8.27. The summed E-state index contributed by atoms with van der Waals surface area (Å²) in [5.41, 5.74) is 1.46. The molecule has 0 atom stereocenters. The average molecular weight is 201 g/mol. The first-order valence-electron chi connectivity index (χ1n) is 4.85. The number of aryl methyl sites for hydroxylation is 1. The second kappa shape index (κ2) is 4.05. The van der Waals surface area contributed by atoms with Crippen LogP contribution in [-0.2, 0) is 6.54 Å². The first-order valence-corrected chi connectivity index (χ1v) is 4.85. The Labute approximate surface area is 87.3 Å². The van der Waals surface area contributed by atoms with Crippen LogP contribution in [0, 0.1) is 12.3 Å². The van der Waals surface area contributed by atoms with Crippen LogP contribution >= 0.6 is 0 Å². The van der Waals surface area contributed by atoms with Crippen LogP contribution in [0.4, 0.5) is 0 Å². The smallest absolute Gasteiger partial charge is 0.408 e. The summed E-state index contributed by atoms with van der Waals surface area (Å²) in [6, 6.07) is 7.39. The van der Waals surface area contributed by atoms with E-state index in [1.165, 1.54) is 0 Å². The zero-order chi connectivity index (χ0) is 10.7. The van der Waals surface area contributed by atoms with E-state index in [9.17, 15) is 4.79 Å². The number of oxazole rings is 1. The number of para-hydroxylation sites is 2. The van der Waals surface area contributed by atoms with Crippen molar-refractivity contribution < 1.29 is 4.42 Å². The average Bonchev–Trinajstić information content (AvgIpc) is 2.56. The topological polar surface area (TPSA) is 35.1 Å². The normalized spacial score (nSPS) is 10.3. The van der Waals surface area contributed by atoms with E-state index in [0.29, 0.717) is 18.5 Å². The number of unbranched alkanes of at least 4 members (excludes halogenated alkanes) is 1. The summed E-state index contributed by atoms with van der Waals surface area (Å²) in [4.78, 5) is 11.5. The van der Waals surface area contributed by atoms with E-state index in [1.54, 1.807) is 10.6 Å². The predicted octanol–water partition coefficient (Wildman–Crippen LogP) is 2.01. The van der Waals surface area contributed by atoms with Crippen LogP contribution in [-0.4, -0.2) is 4.57 Å². The van der Waals surface area contributed by atoms with E-state index in [-0.39, 0.29) is 5.76 Å². The highest BCUT2D eigenvalue weighted by atomic mass is 16.4. The molecule has 76 valence electrons. The Morgan fingerprint density at radius 3 is 3.00 bits per heavy atom. The van der Waals surface area contributed by atoms with Gasteiger partial charge in [-0.3, -0.25) is 4.57 Å². The fourth-order valence-corrected chi connectivity index (χ4v) is 1.56. The molecule has 0 saturated carbocycles. The van der Waals surface area contributed by atoms with Crippen LogP contribution in [0.25, 0.3) is 11.1 Å². The number of hydrogen-bond donors (Lipinski definition) is 0. The van der Waals surface area contributed by atoms with Crippen molar-refractivity contribution in [3.63, 3.8) is 0 Å². The molecule has 0 radical (unpaired) electrons. The summed E-state index contributed by atoms with van der Waals surface area (Å²) in [6.07, 6.45) is 6.62. The van der Waals surface area contributed by atoms with Gasteiger partial charge in [-0.05, 0) is 18.6 Å². The van der Waals surface area contributed by atoms with Gasteiger partial charge in [0.15, 0.2) is 5.58 Å². The largest absolute Gasteiger partial charge is 0.419 e. The SMILES string of the molecule is C#CCCCn1c(=O)oc2ccccc21. The van der Waals surface area contributed by atoms with Crippen LogP contribution in [0.1, 0.15) is 12.8 Å². The van der Waals surface area contributed by atoms with E-state index in [0.717, 1.165) is 11.9 Å². The van der Waals surface area contributed by atoms with Gasteiger partial charge < -0.3 is 4.42 Å². The molecule has 1 heterocycles. The molecule has 0 unspecified atom stereocenters. The first-order chi connectivity index (χ1) is 7.33. The number of benzene rings is 1. The summed E-state index contributed by atoms with van der Waals surface area (Å²) in [5, 5.41) is 0. The van der Waals surface area contributed by atoms with Gasteiger partial charge in [0.05, 0.1) is 5.52 Å². The fraction of sp³-hybridized carbons (Fsp3) is 0.250. The maximum atomic E-state index is 11.5. The van der Waals surface area contributed by atoms with E-state index in [1.807, 2.05) is 18.2 Å². The van der Waals surface area contributed by atoms with Crippen molar-refractivity contribution in [3.05, 3.63) is 34.8 Å². The Bertz CT molecular complexity index is 557. The van der Waals surface area contributed by atoms with Crippen molar-refractivity contribution in [2.75, 3.05) is 0 Å². The zero-order valence-electron chi connectivity index (χ0n) is 8.27. The Morgan fingerprint density at radius 2 is 2.20 bits per heavy atom. The van der Waals surface area contributed by atoms with Gasteiger partial charge >= 0.3 is 5.76 Å². The van der Waals surface area contributed by atoms with Crippen LogP contribution in [0.3, 0.4) is 0 Å². The maximum Gasteiger partial charge on any atom is 0.419 e. The van der Waals surface area contributed by atoms with Gasteiger partial charge in [-0.15, -0.1) is 12.3 Å². The molecule has 0 saturated heterocycles. The summed E-state index contributed by atoms with van der Waals surface area (Å²) in [5.74, 6) is 2.24. The summed E-state index contributed by atoms with van der Waals surface area (Å²) in [7, 11) is 0. The number of fused-ring (bicyclic) bond motifs is 1. The molecule has 1 aromatic carbocycles. The molecule has 3 nitrogen and oxygen atoms in total. The van der Waals surface area contributed by atoms with Crippen LogP contribution in [0.5, 0.6) is 0 Å². The molecule has 0 amide bonds. The van der Waals surface area contributed by atoms with Crippen LogP contribution in [0.15, 0.2) is 33.5 Å². The van der Waals surface area contributed by atoms with Gasteiger partial charge in [0.2, 0.25) is 0 Å². The summed E-state index contributed by atoms with van der Waals surface area (Å²) >= 11 is 0. The summed E-state index contributed by atoms with van der Waals surface area (Å²) < 4.78 is 6.70. The third-order valence-corrected chi connectivity index (χ3v) is 2.28. The van der Waals surface area contributed by atoms with E-state index < -0.39 is 0 Å². The molecule has 0 aliphatic heterocycles. The van der Waals surface area contributed by atoms with Crippen molar-refractivity contribution >= 4 is 11.1 Å². The third kappa shape index (κ3) is 1.79. The molecular formula is C12H11NO2. The monoisotopic (exact) mass is 201 g/mol. The number of aromatic nitrogens is 1. The van der Waals surface area contributed by atoms with Crippen molar-refractivity contribution in [2.45, 2.75) is 19.4 Å². The predicted molar refractivity (Wildman–Crippen MR) is 58.5 cm³/mol. The highest BCUT2D eigenvalue weighted by Gasteiger charge is 2.06. The van der Waals surface area contributed by atoms with Gasteiger partial charge in [0.1, 0.15) is 0 Å². The highest BCUT2D eigenvalue weighted by molar-refractivity contribution is 5.72. The van der Waals surface area contributed by atoms with Crippen LogP contribution < -0.4 is 5.76 Å². The lowest BCUT2D eigenvalue weighted by Gasteiger charge is -1.98. The van der Waals surface area contributed by atoms with E-state index >= 15 is 0 Å². The third-order valence-electron chi connectivity index (χ3n) is 2.28. The Hall–Kier alpha value is -1.95. The number of rotatable bonds is 3. The number of terminal acetylenes is 1. The minimum absolute atomic E-state index is 0.312. The van der Waals surface area contributed by atoms with Gasteiger partial charge in [0.25, 0.3) is 0 Å². The molecule has 1 aromatic heterocycles. The van der Waals surface area contributed by atoms with Gasteiger partial charge in [-0.25, -0.2) is 4.79 Å². The van der Waals surface area contributed by atoms with Crippen molar-refractivity contribution in [1.82, 2.24) is 4.57 Å². The molecule has 0 N–H and O–H groups in total. The standard InChI is InChI=1S/C12H11NO2/c1-2-3-6-9-13-10-7-4-5-8-11(10)15-12(13)14/h1,4-5,7-8H,3,6,9H2. The Balaban J connectivity index is 2.38. The Kier molecular flexibility index (Phi) is 2.59. The molecule has 0 aliphatic rings. The molecule has 3 heteroatoms. The molecule has 0 aliphatic carbocycles. The van der Waals surface area contributed by atoms with Crippen molar-refractivity contribution in [2.24, 2.45) is 0 Å². The van der Waals surface area contributed by atoms with Gasteiger partial charge in [-0.2, -0.15) is 0 Å². The lowest BCUT2D eigenvalue weighted by atomic mass is 10.3. The highest BCUT2D eigenvalue weighted by Crippen LogP contribution is 2.12. The van der Waals surface area contributed by atoms with Crippen molar-refractivity contribution in [1.29, 1.82) is 0 Å². The summed E-state index contributed by atoms with van der Waals surface area (Å²) in [6.45, 7) is 0.611. The first kappa shape index (κ1) is 9.60. The van der Waals surface area contributed by atoms with E-state index in [4.69, 9.17) is 10.8 Å². The molecule has 0 fully saturated rings. The molecular weight excluding hydrogens is 190 g/mol. The van der Waals surface area contributed by atoms with E-state index in [2.05, 4.69) is 5.92 Å². The molecule has 0 bridgehead atoms. The maximum absolute atomic E-state index is 11.5. The number of nitrogens with zero attached hydrogens (tertiary/aromatic N) is 1. The number of hydrogen-bond acceptors (Lipinski definition) is 2. The minimum atomic E-state index is -0.312. The minimum Gasteiger partial charge on any atom is -0.408 e. The molecule has 0 spiro atoms. The molecule has 15 heavy (non-hydrogen) atoms. The Morgan fingerprint density at radius 1 is 1.40 bits per heavy atom. The lowest BCUT2D eigenvalue weighted by molar-refractivity contribution is 0.499. The second-order valence-electron chi connectivity index (χ2n) is 3.30. The fourth-order valence-electron chi connectivity index (χ4n) is 1.56. The molecule has 2 aromatic rings.